The van der Waals surface area contributed by atoms with Crippen molar-refractivity contribution in [3.63, 3.8) is 0 Å². The molecule has 0 aliphatic rings. The summed E-state index contributed by atoms with van der Waals surface area (Å²) in [7, 11) is 0. The second-order valence-corrected chi connectivity index (χ2v) is 4.15. The molecule has 0 aliphatic carbocycles. The molecule has 0 N–H and O–H groups in total. The summed E-state index contributed by atoms with van der Waals surface area (Å²) in [5.74, 6) is -1.49. The van der Waals surface area contributed by atoms with E-state index in [1.165, 1.54) is 18.3 Å². The van der Waals surface area contributed by atoms with Gasteiger partial charge in [0, 0.05) is 18.2 Å². The summed E-state index contributed by atoms with van der Waals surface area (Å²) < 4.78 is 26.1. The molecule has 0 spiro atoms. The zero-order valence-corrected chi connectivity index (χ0v) is 9.92. The molecule has 0 fully saturated rings. The lowest BCUT2D eigenvalue weighted by Gasteiger charge is -2.02. The van der Waals surface area contributed by atoms with E-state index >= 15 is 0 Å². The largest absolute Gasteiger partial charge is 0.294 e. The average molecular weight is 268 g/mol. The SMILES string of the molecule is O=C(Cc1ccc(Cl)c(F)c1)c1cncc(F)c1. The number of ketones is 1. The number of pyridine rings is 1. The van der Waals surface area contributed by atoms with E-state index in [9.17, 15) is 13.6 Å². The van der Waals surface area contributed by atoms with Crippen molar-refractivity contribution in [1.82, 2.24) is 4.98 Å². The summed E-state index contributed by atoms with van der Waals surface area (Å²) >= 11 is 5.54. The van der Waals surface area contributed by atoms with Crippen molar-refractivity contribution >= 4 is 17.4 Å². The van der Waals surface area contributed by atoms with E-state index in [0.29, 0.717) is 5.56 Å². The fraction of sp³-hybridized carbons (Fsp3) is 0.0769. The van der Waals surface area contributed by atoms with Crippen LogP contribution in [0.5, 0.6) is 0 Å². The highest BCUT2D eigenvalue weighted by Gasteiger charge is 2.10. The molecule has 0 aliphatic heterocycles. The Balaban J connectivity index is 2.18. The van der Waals surface area contributed by atoms with Crippen LogP contribution in [0.1, 0.15) is 15.9 Å². The molecule has 18 heavy (non-hydrogen) atoms. The smallest absolute Gasteiger partial charge is 0.168 e. The van der Waals surface area contributed by atoms with Gasteiger partial charge in [0.25, 0.3) is 0 Å². The number of Topliss-reactive ketones (excluding diaryl/α,β-unsaturated/α-hetero) is 1. The van der Waals surface area contributed by atoms with Crippen LogP contribution < -0.4 is 0 Å². The first-order chi connectivity index (χ1) is 8.56. The molecule has 0 atom stereocenters. The number of benzene rings is 1. The number of carbonyl (C=O) groups is 1. The third-order valence-electron chi connectivity index (χ3n) is 2.38. The Morgan fingerprint density at radius 2 is 2.00 bits per heavy atom. The Bertz CT molecular complexity index is 601. The number of halogens is 3. The quantitative estimate of drug-likeness (QED) is 0.798. The summed E-state index contributed by atoms with van der Waals surface area (Å²) in [6, 6.07) is 5.22. The minimum absolute atomic E-state index is 0.00128. The Morgan fingerprint density at radius 1 is 1.22 bits per heavy atom. The summed E-state index contributed by atoms with van der Waals surface area (Å²) in [4.78, 5) is 15.4. The van der Waals surface area contributed by atoms with E-state index in [1.807, 2.05) is 0 Å². The maximum atomic E-state index is 13.2. The van der Waals surface area contributed by atoms with Crippen molar-refractivity contribution in [1.29, 1.82) is 0 Å². The van der Waals surface area contributed by atoms with E-state index in [-0.39, 0.29) is 22.8 Å². The van der Waals surface area contributed by atoms with Crippen LogP contribution in [0.15, 0.2) is 36.7 Å². The van der Waals surface area contributed by atoms with E-state index in [4.69, 9.17) is 11.6 Å². The van der Waals surface area contributed by atoms with Crippen LogP contribution in [-0.2, 0) is 6.42 Å². The topological polar surface area (TPSA) is 30.0 Å². The van der Waals surface area contributed by atoms with Gasteiger partial charge >= 0.3 is 0 Å². The maximum Gasteiger partial charge on any atom is 0.168 e. The molecule has 2 rings (SSSR count). The van der Waals surface area contributed by atoms with Gasteiger partial charge in [0.1, 0.15) is 11.6 Å². The van der Waals surface area contributed by atoms with Crippen molar-refractivity contribution in [3.05, 3.63) is 64.4 Å². The second-order valence-electron chi connectivity index (χ2n) is 3.74. The van der Waals surface area contributed by atoms with Gasteiger partial charge in [-0.2, -0.15) is 0 Å². The molecule has 92 valence electrons. The van der Waals surface area contributed by atoms with Gasteiger partial charge in [-0.25, -0.2) is 8.78 Å². The predicted molar refractivity (Wildman–Crippen MR) is 63.6 cm³/mol. The molecule has 0 bridgehead atoms. The van der Waals surface area contributed by atoms with E-state index < -0.39 is 11.6 Å². The number of carbonyl (C=O) groups excluding carboxylic acids is 1. The molecule has 0 saturated heterocycles. The summed E-state index contributed by atoms with van der Waals surface area (Å²) in [6.07, 6.45) is 2.26. The minimum atomic E-state index is -0.584. The van der Waals surface area contributed by atoms with Crippen molar-refractivity contribution < 1.29 is 13.6 Å². The highest BCUT2D eigenvalue weighted by Crippen LogP contribution is 2.17. The summed E-state index contributed by atoms with van der Waals surface area (Å²) in [6.45, 7) is 0. The van der Waals surface area contributed by atoms with Gasteiger partial charge in [-0.3, -0.25) is 9.78 Å². The number of aromatic nitrogens is 1. The zero-order chi connectivity index (χ0) is 13.1. The summed E-state index contributed by atoms with van der Waals surface area (Å²) in [5, 5.41) is -0.00128. The molecule has 0 amide bonds. The standard InChI is InChI=1S/C13H8ClF2NO/c14-11-2-1-8(3-12(11)16)4-13(18)9-5-10(15)7-17-6-9/h1-3,5-7H,4H2. The molecular weight excluding hydrogens is 260 g/mol. The number of rotatable bonds is 3. The Labute approximate surface area is 107 Å². The summed E-state index contributed by atoms with van der Waals surface area (Å²) in [5.41, 5.74) is 0.636. The third kappa shape index (κ3) is 2.90. The van der Waals surface area contributed by atoms with Crippen molar-refractivity contribution in [2.24, 2.45) is 0 Å². The van der Waals surface area contributed by atoms with E-state index in [2.05, 4.69) is 4.98 Å². The van der Waals surface area contributed by atoms with Crippen LogP contribution >= 0.6 is 11.6 Å². The molecule has 0 radical (unpaired) electrons. The fourth-order valence-corrected chi connectivity index (χ4v) is 1.62. The molecular formula is C13H8ClF2NO. The normalized spacial score (nSPS) is 10.4. The zero-order valence-electron chi connectivity index (χ0n) is 9.16. The molecule has 1 aromatic carbocycles. The Hall–Kier alpha value is -1.81. The second kappa shape index (κ2) is 5.23. The highest BCUT2D eigenvalue weighted by molar-refractivity contribution is 6.30. The van der Waals surface area contributed by atoms with Gasteiger partial charge in [-0.1, -0.05) is 17.7 Å². The first kappa shape index (κ1) is 12.6. The minimum Gasteiger partial charge on any atom is -0.294 e. The maximum absolute atomic E-state index is 13.2. The first-order valence-corrected chi connectivity index (χ1v) is 5.52. The van der Waals surface area contributed by atoms with Gasteiger partial charge in [0.05, 0.1) is 11.2 Å². The molecule has 2 aromatic rings. The van der Waals surface area contributed by atoms with E-state index in [0.717, 1.165) is 12.3 Å². The number of hydrogen-bond acceptors (Lipinski definition) is 2. The average Bonchev–Trinajstić information content (AvgIpc) is 2.34. The van der Waals surface area contributed by atoms with Crippen LogP contribution in [0.2, 0.25) is 5.02 Å². The molecule has 1 heterocycles. The molecule has 2 nitrogen and oxygen atoms in total. The molecule has 0 unspecified atom stereocenters. The first-order valence-electron chi connectivity index (χ1n) is 5.14. The van der Waals surface area contributed by atoms with Crippen LogP contribution in [-0.4, -0.2) is 10.8 Å². The lowest BCUT2D eigenvalue weighted by atomic mass is 10.0. The molecule has 5 heteroatoms. The molecule has 1 aromatic heterocycles. The predicted octanol–water partition coefficient (Wildman–Crippen LogP) is 3.44. The Kier molecular flexibility index (Phi) is 3.67. The number of nitrogens with zero attached hydrogens (tertiary/aromatic N) is 1. The van der Waals surface area contributed by atoms with Crippen LogP contribution in [0.4, 0.5) is 8.78 Å². The lowest BCUT2D eigenvalue weighted by molar-refractivity contribution is 0.0992. The monoisotopic (exact) mass is 267 g/mol. The molecule has 0 saturated carbocycles. The van der Waals surface area contributed by atoms with Crippen LogP contribution in [0, 0.1) is 11.6 Å². The van der Waals surface area contributed by atoms with Gasteiger partial charge < -0.3 is 0 Å². The van der Waals surface area contributed by atoms with Gasteiger partial charge in [0.15, 0.2) is 5.78 Å². The highest BCUT2D eigenvalue weighted by atomic mass is 35.5. The fourth-order valence-electron chi connectivity index (χ4n) is 1.50. The number of hydrogen-bond donors (Lipinski definition) is 0. The van der Waals surface area contributed by atoms with Crippen molar-refractivity contribution in [3.8, 4) is 0 Å². The van der Waals surface area contributed by atoms with Crippen LogP contribution in [0.3, 0.4) is 0 Å². The van der Waals surface area contributed by atoms with Crippen molar-refractivity contribution in [2.75, 3.05) is 0 Å². The van der Waals surface area contributed by atoms with Gasteiger partial charge in [-0.05, 0) is 23.8 Å². The van der Waals surface area contributed by atoms with Gasteiger partial charge in [-0.15, -0.1) is 0 Å². The third-order valence-corrected chi connectivity index (χ3v) is 2.68. The lowest BCUT2D eigenvalue weighted by Crippen LogP contribution is -2.05. The van der Waals surface area contributed by atoms with Crippen LogP contribution in [0.25, 0.3) is 0 Å². The Morgan fingerprint density at radius 3 is 2.67 bits per heavy atom. The van der Waals surface area contributed by atoms with E-state index in [1.54, 1.807) is 6.07 Å². The van der Waals surface area contributed by atoms with Crippen molar-refractivity contribution in [2.45, 2.75) is 6.42 Å². The van der Waals surface area contributed by atoms with Gasteiger partial charge in [0.2, 0.25) is 0 Å².